The monoisotopic (exact) mass is 349 g/mol. The van der Waals surface area contributed by atoms with E-state index >= 15 is 0 Å². The number of carbonyl (C=O) groups excluding carboxylic acids is 1. The normalized spacial score (nSPS) is 10.7. The molecule has 1 amide bonds. The molecule has 0 aromatic heterocycles. The van der Waals surface area contributed by atoms with Gasteiger partial charge in [0, 0.05) is 11.9 Å². The summed E-state index contributed by atoms with van der Waals surface area (Å²) >= 11 is 0. The predicted octanol–water partition coefficient (Wildman–Crippen LogP) is 4.50. The summed E-state index contributed by atoms with van der Waals surface area (Å²) in [5.74, 6) is 0.167. The lowest BCUT2D eigenvalue weighted by molar-refractivity contribution is -0.112. The van der Waals surface area contributed by atoms with Crippen LogP contribution in [0.3, 0.4) is 0 Å². The zero-order chi connectivity index (χ0) is 18.8. The van der Waals surface area contributed by atoms with Gasteiger partial charge in [-0.15, -0.1) is 0 Å². The molecule has 0 aliphatic carbocycles. The molecule has 0 bridgehead atoms. The smallest absolute Gasteiger partial charge is 0.267 e. The van der Waals surface area contributed by atoms with Crippen LogP contribution in [0.25, 0.3) is 0 Å². The Kier molecular flexibility index (Phi) is 7.26. The van der Waals surface area contributed by atoms with E-state index in [1.165, 1.54) is 11.8 Å². The number of hydrogen-bond donors (Lipinski definition) is 2. The highest BCUT2D eigenvalue weighted by Gasteiger charge is 2.10. The first-order valence-corrected chi connectivity index (χ1v) is 8.58. The minimum atomic E-state index is -0.462. The van der Waals surface area contributed by atoms with Crippen LogP contribution in [-0.2, 0) is 11.2 Å². The maximum atomic E-state index is 12.3. The van der Waals surface area contributed by atoms with Gasteiger partial charge in [0.2, 0.25) is 0 Å². The molecule has 2 aromatic carbocycles. The topological polar surface area (TPSA) is 74.2 Å². The SMILES string of the molecule is CCCCc1ccc(NC(=O)/C(C#N)=C\Nc2ccccc2OC)cc1. The van der Waals surface area contributed by atoms with Crippen LogP contribution in [0.1, 0.15) is 25.3 Å². The highest BCUT2D eigenvalue weighted by molar-refractivity contribution is 6.06. The van der Waals surface area contributed by atoms with E-state index in [9.17, 15) is 10.1 Å². The first-order valence-electron chi connectivity index (χ1n) is 8.58. The standard InChI is InChI=1S/C21H23N3O2/c1-3-4-7-16-10-12-18(13-11-16)24-21(25)17(14-22)15-23-19-8-5-6-9-20(19)26-2/h5-6,8-13,15,23H,3-4,7H2,1-2H3,(H,24,25)/b17-15-. The number of methoxy groups -OCH3 is 1. The lowest BCUT2D eigenvalue weighted by Crippen LogP contribution is -2.14. The number of ether oxygens (including phenoxy) is 1. The number of anilines is 2. The molecule has 0 atom stereocenters. The zero-order valence-electron chi connectivity index (χ0n) is 15.1. The van der Waals surface area contributed by atoms with Crippen LogP contribution in [0.15, 0.2) is 60.3 Å². The molecule has 0 aliphatic rings. The molecular formula is C21H23N3O2. The van der Waals surface area contributed by atoms with Crippen molar-refractivity contribution < 1.29 is 9.53 Å². The molecule has 2 N–H and O–H groups in total. The number of hydrogen-bond acceptors (Lipinski definition) is 4. The van der Waals surface area contributed by atoms with Gasteiger partial charge in [0.05, 0.1) is 12.8 Å². The minimum absolute atomic E-state index is 0.0223. The van der Waals surface area contributed by atoms with Crippen molar-refractivity contribution in [1.29, 1.82) is 5.26 Å². The minimum Gasteiger partial charge on any atom is -0.495 e. The summed E-state index contributed by atoms with van der Waals surface area (Å²) in [6.07, 6.45) is 4.69. The third-order valence-electron chi connectivity index (χ3n) is 3.87. The number of rotatable bonds is 8. The lowest BCUT2D eigenvalue weighted by Gasteiger charge is -2.09. The van der Waals surface area contributed by atoms with Crippen molar-refractivity contribution >= 4 is 17.3 Å². The second kappa shape index (κ2) is 9.90. The van der Waals surface area contributed by atoms with E-state index < -0.39 is 5.91 Å². The Bertz CT molecular complexity index is 805. The van der Waals surface area contributed by atoms with E-state index in [-0.39, 0.29) is 5.57 Å². The van der Waals surface area contributed by atoms with Crippen molar-refractivity contribution in [2.24, 2.45) is 0 Å². The van der Waals surface area contributed by atoms with Crippen LogP contribution in [0, 0.1) is 11.3 Å². The van der Waals surface area contributed by atoms with Crippen LogP contribution in [0.5, 0.6) is 5.75 Å². The maximum absolute atomic E-state index is 12.3. The molecule has 0 saturated carbocycles. The molecule has 134 valence electrons. The third kappa shape index (κ3) is 5.38. The van der Waals surface area contributed by atoms with Crippen LogP contribution in [-0.4, -0.2) is 13.0 Å². The number of benzene rings is 2. The van der Waals surface area contributed by atoms with Gasteiger partial charge in [-0.05, 0) is 42.7 Å². The van der Waals surface area contributed by atoms with E-state index in [0.717, 1.165) is 19.3 Å². The van der Waals surface area contributed by atoms with Crippen LogP contribution >= 0.6 is 0 Å². The molecule has 2 aromatic rings. The van der Waals surface area contributed by atoms with Gasteiger partial charge in [-0.1, -0.05) is 37.6 Å². The number of nitrogens with zero attached hydrogens (tertiary/aromatic N) is 1. The predicted molar refractivity (Wildman–Crippen MR) is 104 cm³/mol. The van der Waals surface area contributed by atoms with Gasteiger partial charge >= 0.3 is 0 Å². The van der Waals surface area contributed by atoms with Crippen LogP contribution < -0.4 is 15.4 Å². The Morgan fingerprint density at radius 2 is 1.92 bits per heavy atom. The number of unbranched alkanes of at least 4 members (excludes halogenated alkanes) is 1. The van der Waals surface area contributed by atoms with E-state index in [4.69, 9.17) is 4.74 Å². The number of para-hydroxylation sites is 2. The fourth-order valence-corrected chi connectivity index (χ4v) is 2.40. The summed E-state index contributed by atoms with van der Waals surface area (Å²) in [5.41, 5.74) is 2.55. The Balaban J connectivity index is 2.03. The van der Waals surface area contributed by atoms with Gasteiger partial charge in [0.25, 0.3) is 5.91 Å². The Morgan fingerprint density at radius 1 is 1.19 bits per heavy atom. The van der Waals surface area contributed by atoms with Crippen molar-refractivity contribution in [1.82, 2.24) is 0 Å². The van der Waals surface area contributed by atoms with E-state index in [2.05, 4.69) is 17.6 Å². The first kappa shape index (κ1) is 19.1. The molecule has 5 nitrogen and oxygen atoms in total. The number of aryl methyl sites for hydroxylation is 1. The van der Waals surface area contributed by atoms with Gasteiger partial charge in [-0.3, -0.25) is 4.79 Å². The maximum Gasteiger partial charge on any atom is 0.267 e. The van der Waals surface area contributed by atoms with Crippen LogP contribution in [0.2, 0.25) is 0 Å². The van der Waals surface area contributed by atoms with Crippen molar-refractivity contribution in [2.45, 2.75) is 26.2 Å². The summed E-state index contributed by atoms with van der Waals surface area (Å²) < 4.78 is 5.23. The van der Waals surface area contributed by atoms with Crippen molar-refractivity contribution in [3.63, 3.8) is 0 Å². The van der Waals surface area contributed by atoms with Gasteiger partial charge in [0.15, 0.2) is 0 Å². The average molecular weight is 349 g/mol. The molecule has 2 rings (SSSR count). The molecule has 26 heavy (non-hydrogen) atoms. The van der Waals surface area contributed by atoms with Crippen molar-refractivity contribution in [2.75, 3.05) is 17.7 Å². The Hall–Kier alpha value is -3.26. The second-order valence-electron chi connectivity index (χ2n) is 5.77. The number of nitrogens with one attached hydrogen (secondary N) is 2. The zero-order valence-corrected chi connectivity index (χ0v) is 15.1. The van der Waals surface area contributed by atoms with E-state index in [0.29, 0.717) is 17.1 Å². The van der Waals surface area contributed by atoms with Crippen molar-refractivity contribution in [3.8, 4) is 11.8 Å². The molecule has 0 heterocycles. The highest BCUT2D eigenvalue weighted by atomic mass is 16.5. The Morgan fingerprint density at radius 3 is 2.58 bits per heavy atom. The second-order valence-corrected chi connectivity index (χ2v) is 5.77. The number of carbonyl (C=O) groups is 1. The third-order valence-corrected chi connectivity index (χ3v) is 3.87. The van der Waals surface area contributed by atoms with E-state index in [1.54, 1.807) is 19.2 Å². The average Bonchev–Trinajstić information content (AvgIpc) is 2.68. The quantitative estimate of drug-likeness (QED) is 0.544. The van der Waals surface area contributed by atoms with Crippen molar-refractivity contribution in [3.05, 3.63) is 65.9 Å². The molecule has 0 saturated heterocycles. The first-order chi connectivity index (χ1) is 12.7. The fourth-order valence-electron chi connectivity index (χ4n) is 2.40. The lowest BCUT2D eigenvalue weighted by atomic mass is 10.1. The molecule has 5 heteroatoms. The summed E-state index contributed by atoms with van der Waals surface area (Å²) in [5, 5.41) is 15.0. The van der Waals surface area contributed by atoms with Gasteiger partial charge in [-0.25, -0.2) is 0 Å². The van der Waals surface area contributed by atoms with Gasteiger partial charge in [-0.2, -0.15) is 5.26 Å². The van der Waals surface area contributed by atoms with E-state index in [1.807, 2.05) is 42.5 Å². The van der Waals surface area contributed by atoms with Gasteiger partial charge < -0.3 is 15.4 Å². The number of nitriles is 1. The number of amides is 1. The molecule has 0 spiro atoms. The van der Waals surface area contributed by atoms with Gasteiger partial charge in [0.1, 0.15) is 17.4 Å². The summed E-state index contributed by atoms with van der Waals surface area (Å²) in [6, 6.07) is 16.9. The Labute approximate surface area is 154 Å². The fraction of sp³-hybridized carbons (Fsp3) is 0.238. The molecule has 0 unspecified atom stereocenters. The molecule has 0 aliphatic heterocycles. The molecule has 0 fully saturated rings. The molecular weight excluding hydrogens is 326 g/mol. The highest BCUT2D eigenvalue weighted by Crippen LogP contribution is 2.23. The summed E-state index contributed by atoms with van der Waals surface area (Å²) in [7, 11) is 1.56. The van der Waals surface area contributed by atoms with Crippen LogP contribution in [0.4, 0.5) is 11.4 Å². The largest absolute Gasteiger partial charge is 0.495 e. The molecule has 0 radical (unpaired) electrons. The summed E-state index contributed by atoms with van der Waals surface area (Å²) in [6.45, 7) is 2.16. The summed E-state index contributed by atoms with van der Waals surface area (Å²) in [4.78, 5) is 12.3.